The molecule has 0 aromatic carbocycles. The lowest BCUT2D eigenvalue weighted by Gasteiger charge is -2.20. The number of carbonyl (C=O) groups excluding carboxylic acids is 2. The molecule has 0 N–H and O–H groups in total. The van der Waals surface area contributed by atoms with Crippen molar-refractivity contribution in [3.63, 3.8) is 0 Å². The van der Waals surface area contributed by atoms with E-state index >= 15 is 0 Å². The van der Waals surface area contributed by atoms with Crippen molar-refractivity contribution in [1.82, 2.24) is 0 Å². The first-order valence-electron chi connectivity index (χ1n) is 5.94. The standard InChI is InChI=1S/C13H18O4/c1-4-9-10(5-2)16-12(14)7-8-13(15)17-11(9)6-3/h7-8,10H,4-6H2,1-3H3/b8-7-,11-9-. The Morgan fingerprint density at radius 1 is 1.06 bits per heavy atom. The molecule has 4 nitrogen and oxygen atoms in total. The van der Waals surface area contributed by atoms with Crippen molar-refractivity contribution in [3.8, 4) is 0 Å². The molecule has 0 fully saturated rings. The van der Waals surface area contributed by atoms with Gasteiger partial charge in [-0.2, -0.15) is 0 Å². The van der Waals surface area contributed by atoms with Gasteiger partial charge in [-0.25, -0.2) is 9.59 Å². The monoisotopic (exact) mass is 238 g/mol. The molecule has 1 aliphatic heterocycles. The molecular weight excluding hydrogens is 220 g/mol. The van der Waals surface area contributed by atoms with Gasteiger partial charge in [0, 0.05) is 24.1 Å². The van der Waals surface area contributed by atoms with Crippen LogP contribution in [0, 0.1) is 0 Å². The molecule has 1 aliphatic rings. The first-order valence-corrected chi connectivity index (χ1v) is 5.94. The van der Waals surface area contributed by atoms with Crippen molar-refractivity contribution in [2.24, 2.45) is 0 Å². The van der Waals surface area contributed by atoms with Crippen LogP contribution in [0.25, 0.3) is 0 Å². The maximum atomic E-state index is 11.4. The van der Waals surface area contributed by atoms with E-state index in [2.05, 4.69) is 0 Å². The zero-order valence-electron chi connectivity index (χ0n) is 10.5. The average Bonchev–Trinajstić information content (AvgIpc) is 2.38. The molecule has 4 heteroatoms. The van der Waals surface area contributed by atoms with Crippen LogP contribution in [0.3, 0.4) is 0 Å². The first kappa shape index (κ1) is 13.5. The van der Waals surface area contributed by atoms with Crippen LogP contribution in [0.4, 0.5) is 0 Å². The summed E-state index contributed by atoms with van der Waals surface area (Å²) < 4.78 is 10.5. The molecule has 0 aromatic heterocycles. The molecule has 1 atom stereocenters. The van der Waals surface area contributed by atoms with Gasteiger partial charge in [-0.3, -0.25) is 0 Å². The van der Waals surface area contributed by atoms with Crippen LogP contribution in [0.5, 0.6) is 0 Å². The van der Waals surface area contributed by atoms with Crippen LogP contribution in [0.1, 0.15) is 40.0 Å². The van der Waals surface area contributed by atoms with E-state index in [-0.39, 0.29) is 6.10 Å². The number of rotatable bonds is 3. The van der Waals surface area contributed by atoms with Gasteiger partial charge in [-0.1, -0.05) is 20.8 Å². The molecule has 1 rings (SSSR count). The molecule has 0 aliphatic carbocycles. The largest absolute Gasteiger partial charge is 0.455 e. The second-order valence-corrected chi connectivity index (χ2v) is 3.74. The van der Waals surface area contributed by atoms with Crippen molar-refractivity contribution in [3.05, 3.63) is 23.5 Å². The maximum Gasteiger partial charge on any atom is 0.336 e. The Balaban J connectivity index is 3.15. The minimum Gasteiger partial charge on any atom is -0.455 e. The molecule has 0 saturated heterocycles. The quantitative estimate of drug-likeness (QED) is 0.709. The van der Waals surface area contributed by atoms with Gasteiger partial charge in [0.15, 0.2) is 0 Å². The third-order valence-electron chi connectivity index (χ3n) is 2.66. The lowest BCUT2D eigenvalue weighted by Crippen LogP contribution is -2.19. The highest BCUT2D eigenvalue weighted by molar-refractivity contribution is 5.92. The van der Waals surface area contributed by atoms with Crippen molar-refractivity contribution in [2.75, 3.05) is 0 Å². The Hall–Kier alpha value is -1.58. The molecule has 0 radical (unpaired) electrons. The summed E-state index contributed by atoms with van der Waals surface area (Å²) in [5.74, 6) is -0.415. The van der Waals surface area contributed by atoms with Gasteiger partial charge in [0.1, 0.15) is 11.9 Å². The third kappa shape index (κ3) is 3.44. The summed E-state index contributed by atoms with van der Waals surface area (Å²) in [5, 5.41) is 0. The fraction of sp³-hybridized carbons (Fsp3) is 0.538. The minimum absolute atomic E-state index is 0.307. The summed E-state index contributed by atoms with van der Waals surface area (Å²) in [7, 11) is 0. The number of hydrogen-bond donors (Lipinski definition) is 0. The molecule has 0 bridgehead atoms. The number of carbonyl (C=O) groups is 2. The second-order valence-electron chi connectivity index (χ2n) is 3.74. The number of esters is 2. The molecule has 17 heavy (non-hydrogen) atoms. The van der Waals surface area contributed by atoms with E-state index in [0.717, 1.165) is 17.7 Å². The van der Waals surface area contributed by atoms with E-state index in [9.17, 15) is 9.59 Å². The van der Waals surface area contributed by atoms with Gasteiger partial charge >= 0.3 is 11.9 Å². The molecule has 1 heterocycles. The molecular formula is C13H18O4. The number of ether oxygens (including phenoxy) is 2. The van der Waals surface area contributed by atoms with Crippen molar-refractivity contribution in [1.29, 1.82) is 0 Å². The number of cyclic esters (lactones) is 2. The summed E-state index contributed by atoms with van der Waals surface area (Å²) in [6, 6.07) is 0. The van der Waals surface area contributed by atoms with Crippen LogP contribution < -0.4 is 0 Å². The van der Waals surface area contributed by atoms with E-state index in [1.807, 2.05) is 20.8 Å². The fourth-order valence-electron chi connectivity index (χ4n) is 1.84. The van der Waals surface area contributed by atoms with Gasteiger partial charge < -0.3 is 9.47 Å². The van der Waals surface area contributed by atoms with Crippen LogP contribution in [0.15, 0.2) is 23.5 Å². The highest BCUT2D eigenvalue weighted by Crippen LogP contribution is 2.23. The predicted molar refractivity (Wildman–Crippen MR) is 63.0 cm³/mol. The summed E-state index contributed by atoms with van der Waals surface area (Å²) in [6.45, 7) is 5.80. The van der Waals surface area contributed by atoms with Gasteiger partial charge in [0.2, 0.25) is 0 Å². The minimum atomic E-state index is -0.526. The van der Waals surface area contributed by atoms with Crippen LogP contribution >= 0.6 is 0 Å². The fourth-order valence-corrected chi connectivity index (χ4v) is 1.84. The maximum absolute atomic E-state index is 11.4. The molecule has 1 unspecified atom stereocenters. The van der Waals surface area contributed by atoms with Crippen LogP contribution in [-0.4, -0.2) is 18.0 Å². The first-order chi connectivity index (χ1) is 8.12. The molecule has 0 saturated carbocycles. The van der Waals surface area contributed by atoms with Crippen molar-refractivity contribution >= 4 is 11.9 Å². The number of hydrogen-bond acceptors (Lipinski definition) is 4. The lowest BCUT2D eigenvalue weighted by molar-refractivity contribution is -0.141. The zero-order valence-corrected chi connectivity index (χ0v) is 10.5. The molecule has 0 spiro atoms. The van der Waals surface area contributed by atoms with Gasteiger partial charge in [-0.15, -0.1) is 0 Å². The topological polar surface area (TPSA) is 52.6 Å². The Bertz CT molecular complexity index is 366. The Labute approximate surface area is 101 Å². The molecule has 0 amide bonds. The molecule has 94 valence electrons. The smallest absolute Gasteiger partial charge is 0.336 e. The van der Waals surface area contributed by atoms with E-state index < -0.39 is 11.9 Å². The van der Waals surface area contributed by atoms with Gasteiger partial charge in [0.05, 0.1) is 0 Å². The van der Waals surface area contributed by atoms with Crippen LogP contribution in [-0.2, 0) is 19.1 Å². The summed E-state index contributed by atoms with van der Waals surface area (Å²) in [4.78, 5) is 22.8. The van der Waals surface area contributed by atoms with E-state index in [1.54, 1.807) is 0 Å². The van der Waals surface area contributed by atoms with Crippen LogP contribution in [0.2, 0.25) is 0 Å². The average molecular weight is 238 g/mol. The normalized spacial score (nSPS) is 27.6. The van der Waals surface area contributed by atoms with Gasteiger partial charge in [0.25, 0.3) is 0 Å². The summed E-state index contributed by atoms with van der Waals surface area (Å²) in [5.41, 5.74) is 0.889. The highest BCUT2D eigenvalue weighted by Gasteiger charge is 2.22. The summed E-state index contributed by atoms with van der Waals surface area (Å²) in [6.07, 6.45) is 3.88. The van der Waals surface area contributed by atoms with Gasteiger partial charge in [-0.05, 0) is 12.8 Å². The van der Waals surface area contributed by atoms with Crippen molar-refractivity contribution in [2.45, 2.75) is 46.1 Å². The third-order valence-corrected chi connectivity index (χ3v) is 2.66. The van der Waals surface area contributed by atoms with E-state index in [0.29, 0.717) is 25.0 Å². The zero-order chi connectivity index (χ0) is 12.8. The van der Waals surface area contributed by atoms with E-state index in [4.69, 9.17) is 9.47 Å². The molecule has 0 aromatic rings. The van der Waals surface area contributed by atoms with Crippen molar-refractivity contribution < 1.29 is 19.1 Å². The second kappa shape index (κ2) is 6.23. The summed E-state index contributed by atoms with van der Waals surface area (Å²) >= 11 is 0. The van der Waals surface area contributed by atoms with E-state index in [1.165, 1.54) is 0 Å². The predicted octanol–water partition coefficient (Wildman–Crippen LogP) is 2.50. The Morgan fingerprint density at radius 2 is 1.71 bits per heavy atom. The highest BCUT2D eigenvalue weighted by atomic mass is 16.6. The number of allylic oxidation sites excluding steroid dienone is 1. The Kier molecular flexibility index (Phi) is 4.94. The Morgan fingerprint density at radius 3 is 2.24 bits per heavy atom. The lowest BCUT2D eigenvalue weighted by atomic mass is 10.0. The SMILES string of the molecule is CC/C1=C(\CC)C(CC)OC(=O)/C=C\C(=O)O1.